The fourth-order valence-corrected chi connectivity index (χ4v) is 5.03. The van der Waals surface area contributed by atoms with Crippen LogP contribution in [0.15, 0.2) is 47.2 Å². The molecule has 1 fully saturated rings. The average Bonchev–Trinajstić information content (AvgIpc) is 3.67. The average molecular weight is 536 g/mol. The summed E-state index contributed by atoms with van der Waals surface area (Å²) >= 11 is 0. The normalized spacial score (nSPS) is 15.1. The number of piperazine rings is 1. The molecule has 0 unspecified atom stereocenters. The van der Waals surface area contributed by atoms with E-state index in [0.29, 0.717) is 66.6 Å². The maximum absolute atomic E-state index is 14.3. The first-order chi connectivity index (χ1) is 18.8. The molecular weight excluding hydrogens is 508 g/mol. The van der Waals surface area contributed by atoms with Gasteiger partial charge >= 0.3 is 0 Å². The van der Waals surface area contributed by atoms with Gasteiger partial charge in [-0.1, -0.05) is 13.8 Å². The van der Waals surface area contributed by atoms with Crippen LogP contribution >= 0.6 is 0 Å². The molecule has 0 saturated carbocycles. The van der Waals surface area contributed by atoms with Gasteiger partial charge in [0.2, 0.25) is 17.7 Å². The monoisotopic (exact) mass is 535 g/mol. The summed E-state index contributed by atoms with van der Waals surface area (Å²) in [5.74, 6) is -0.198. The number of nitrogens with zero attached hydrogens (tertiary/aromatic N) is 8. The van der Waals surface area contributed by atoms with Gasteiger partial charge in [0, 0.05) is 32.2 Å². The molecule has 4 aromatic heterocycles. The van der Waals surface area contributed by atoms with E-state index < -0.39 is 17.7 Å². The van der Waals surface area contributed by atoms with Crippen molar-refractivity contribution in [2.45, 2.75) is 26.3 Å². The molecule has 0 radical (unpaired) electrons. The molecule has 0 bridgehead atoms. The van der Waals surface area contributed by atoms with Gasteiger partial charge in [0.25, 0.3) is 0 Å². The number of amides is 1. The highest BCUT2D eigenvalue weighted by Gasteiger charge is 2.32. The summed E-state index contributed by atoms with van der Waals surface area (Å²) in [4.78, 5) is 26.6. The Labute approximate surface area is 221 Å². The van der Waals surface area contributed by atoms with Crippen molar-refractivity contribution in [2.75, 3.05) is 36.8 Å². The van der Waals surface area contributed by atoms with Gasteiger partial charge in [0.05, 0.1) is 23.5 Å². The third kappa shape index (κ3) is 4.43. The van der Waals surface area contributed by atoms with E-state index in [0.717, 1.165) is 6.07 Å². The number of nitrogens with two attached hydrogens (primary N) is 1. The van der Waals surface area contributed by atoms with Crippen LogP contribution in [-0.2, 0) is 4.79 Å². The van der Waals surface area contributed by atoms with Crippen LogP contribution in [0.25, 0.3) is 28.3 Å². The van der Waals surface area contributed by atoms with E-state index in [9.17, 15) is 13.6 Å². The first kappa shape index (κ1) is 24.8. The SMILES string of the molecule is CC(C)C[C@H](C(=O)N1CCN(c2ccc(F)cc2F)CC1)n1ncc2c1nc(N)n1nc(-c3ccco3)nc21. The lowest BCUT2D eigenvalue weighted by Gasteiger charge is -2.38. The minimum atomic E-state index is -0.626. The molecule has 1 aliphatic heterocycles. The number of anilines is 2. The fourth-order valence-electron chi connectivity index (χ4n) is 5.03. The molecule has 0 aliphatic carbocycles. The van der Waals surface area contributed by atoms with Crippen molar-refractivity contribution in [3.63, 3.8) is 0 Å². The van der Waals surface area contributed by atoms with Crippen molar-refractivity contribution in [1.29, 1.82) is 0 Å². The minimum Gasteiger partial charge on any atom is -0.461 e. The summed E-state index contributed by atoms with van der Waals surface area (Å²) < 4.78 is 36.1. The van der Waals surface area contributed by atoms with Crippen molar-refractivity contribution in [3.8, 4) is 11.6 Å². The molecule has 5 aromatic rings. The standard InChI is InChI=1S/C26H27F2N9O2/c1-15(2)12-20(25(38)35-9-7-34(8-10-35)19-6-5-16(27)13-18(19)28)36-24-17(14-30-36)23-31-22(21-4-3-11-39-21)33-37(23)26(29)32-24/h3-6,11,13-15,20H,7-10,12H2,1-2H3,(H2,29,32)/t20-/m1/s1. The molecule has 1 saturated heterocycles. The first-order valence-corrected chi connectivity index (χ1v) is 12.7. The third-order valence-corrected chi connectivity index (χ3v) is 6.91. The number of hydrogen-bond donors (Lipinski definition) is 1. The Morgan fingerprint density at radius 1 is 1.10 bits per heavy atom. The third-order valence-electron chi connectivity index (χ3n) is 6.91. The van der Waals surface area contributed by atoms with Gasteiger partial charge in [0.15, 0.2) is 17.1 Å². The number of carbonyl (C=O) groups is 1. The van der Waals surface area contributed by atoms with Crippen molar-refractivity contribution < 1.29 is 18.0 Å². The smallest absolute Gasteiger partial charge is 0.247 e. The molecule has 202 valence electrons. The lowest BCUT2D eigenvalue weighted by Crippen LogP contribution is -2.51. The van der Waals surface area contributed by atoms with Gasteiger partial charge in [-0.3, -0.25) is 4.79 Å². The first-order valence-electron chi connectivity index (χ1n) is 12.7. The van der Waals surface area contributed by atoms with Gasteiger partial charge in [0.1, 0.15) is 17.7 Å². The van der Waals surface area contributed by atoms with Crippen LogP contribution in [0.2, 0.25) is 0 Å². The second-order valence-corrected chi connectivity index (χ2v) is 10.00. The molecule has 6 rings (SSSR count). The summed E-state index contributed by atoms with van der Waals surface area (Å²) in [5.41, 5.74) is 7.47. The van der Waals surface area contributed by atoms with Crippen molar-refractivity contribution >= 4 is 34.2 Å². The van der Waals surface area contributed by atoms with Crippen molar-refractivity contribution in [3.05, 3.63) is 54.4 Å². The van der Waals surface area contributed by atoms with E-state index in [1.807, 2.05) is 18.7 Å². The number of carbonyl (C=O) groups excluding carboxylic acids is 1. The van der Waals surface area contributed by atoms with Gasteiger partial charge in [-0.05, 0) is 36.6 Å². The maximum atomic E-state index is 14.3. The summed E-state index contributed by atoms with van der Waals surface area (Å²) in [6, 6.07) is 6.41. The summed E-state index contributed by atoms with van der Waals surface area (Å²) in [6.07, 6.45) is 3.68. The fraction of sp³-hybridized carbons (Fsp3) is 0.346. The molecule has 11 nitrogen and oxygen atoms in total. The molecular formula is C26H27F2N9O2. The summed E-state index contributed by atoms with van der Waals surface area (Å²) in [5, 5.41) is 9.58. The Balaban J connectivity index is 1.30. The van der Waals surface area contributed by atoms with E-state index in [1.54, 1.807) is 27.9 Å². The van der Waals surface area contributed by atoms with Crippen LogP contribution in [0, 0.1) is 17.6 Å². The zero-order valence-electron chi connectivity index (χ0n) is 21.5. The molecule has 1 amide bonds. The predicted octanol–water partition coefficient (Wildman–Crippen LogP) is 3.53. The molecule has 5 heterocycles. The van der Waals surface area contributed by atoms with Crippen LogP contribution in [-0.4, -0.2) is 66.3 Å². The molecule has 13 heteroatoms. The van der Waals surface area contributed by atoms with E-state index in [-0.39, 0.29) is 17.8 Å². The highest BCUT2D eigenvalue weighted by Crippen LogP contribution is 2.29. The quantitative estimate of drug-likeness (QED) is 0.350. The molecule has 39 heavy (non-hydrogen) atoms. The number of aromatic nitrogens is 6. The van der Waals surface area contributed by atoms with Crippen LogP contribution in [0.1, 0.15) is 26.3 Å². The minimum absolute atomic E-state index is 0.106. The van der Waals surface area contributed by atoms with E-state index in [2.05, 4.69) is 20.2 Å². The van der Waals surface area contributed by atoms with Gasteiger partial charge in [-0.2, -0.15) is 14.6 Å². The zero-order chi connectivity index (χ0) is 27.3. The van der Waals surface area contributed by atoms with Gasteiger partial charge in [-0.25, -0.2) is 18.4 Å². The van der Waals surface area contributed by atoms with E-state index in [1.165, 1.54) is 22.9 Å². The summed E-state index contributed by atoms with van der Waals surface area (Å²) in [6.45, 7) is 5.69. The topological polar surface area (TPSA) is 124 Å². The van der Waals surface area contributed by atoms with Crippen molar-refractivity contribution in [2.24, 2.45) is 5.92 Å². The van der Waals surface area contributed by atoms with Gasteiger partial charge in [-0.15, -0.1) is 5.10 Å². The van der Waals surface area contributed by atoms with Crippen LogP contribution in [0.3, 0.4) is 0 Å². The number of nitrogen functional groups attached to an aromatic ring is 1. The molecule has 1 aromatic carbocycles. The Hall–Kier alpha value is -4.55. The molecule has 1 atom stereocenters. The van der Waals surface area contributed by atoms with E-state index in [4.69, 9.17) is 10.2 Å². The Bertz CT molecular complexity index is 1650. The lowest BCUT2D eigenvalue weighted by atomic mass is 10.0. The Morgan fingerprint density at radius 3 is 2.59 bits per heavy atom. The highest BCUT2D eigenvalue weighted by molar-refractivity contribution is 5.92. The molecule has 0 spiro atoms. The lowest BCUT2D eigenvalue weighted by molar-refractivity contribution is -0.135. The Morgan fingerprint density at radius 2 is 1.90 bits per heavy atom. The van der Waals surface area contributed by atoms with E-state index >= 15 is 0 Å². The second-order valence-electron chi connectivity index (χ2n) is 10.00. The van der Waals surface area contributed by atoms with Crippen molar-refractivity contribution in [1.82, 2.24) is 34.3 Å². The zero-order valence-corrected chi connectivity index (χ0v) is 21.5. The molecule has 2 N–H and O–H groups in total. The van der Waals surface area contributed by atoms with Crippen LogP contribution < -0.4 is 10.6 Å². The number of fused-ring (bicyclic) bond motifs is 3. The number of hydrogen-bond acceptors (Lipinski definition) is 8. The number of benzene rings is 1. The number of furan rings is 1. The highest BCUT2D eigenvalue weighted by atomic mass is 19.1. The number of halogens is 2. The van der Waals surface area contributed by atoms with Crippen LogP contribution in [0.5, 0.6) is 0 Å². The number of rotatable bonds is 6. The predicted molar refractivity (Wildman–Crippen MR) is 140 cm³/mol. The summed E-state index contributed by atoms with van der Waals surface area (Å²) in [7, 11) is 0. The van der Waals surface area contributed by atoms with Crippen LogP contribution in [0.4, 0.5) is 20.4 Å². The largest absolute Gasteiger partial charge is 0.461 e. The molecule has 1 aliphatic rings. The Kier molecular flexibility index (Phi) is 6.12. The second kappa shape index (κ2) is 9.64. The maximum Gasteiger partial charge on any atom is 0.247 e. The van der Waals surface area contributed by atoms with Gasteiger partial charge < -0.3 is 20.0 Å².